The van der Waals surface area contributed by atoms with E-state index in [0.717, 1.165) is 51.4 Å². The molecule has 0 aliphatic heterocycles. The van der Waals surface area contributed by atoms with Crippen molar-refractivity contribution in [2.24, 2.45) is 37.2 Å². The lowest BCUT2D eigenvalue weighted by Crippen LogP contribution is -2.30. The molecule has 2 saturated carbocycles. The van der Waals surface area contributed by atoms with E-state index in [2.05, 4.69) is 20.0 Å². The summed E-state index contributed by atoms with van der Waals surface area (Å²) in [4.78, 5) is 54.5. The highest BCUT2D eigenvalue weighted by Gasteiger charge is 2.31. The summed E-state index contributed by atoms with van der Waals surface area (Å²) in [6.07, 6.45) is 16.1. The fraction of sp³-hybridized carbons (Fsp3) is 0.800. The van der Waals surface area contributed by atoms with Gasteiger partial charge in [0.15, 0.2) is 0 Å². The van der Waals surface area contributed by atoms with E-state index in [1.54, 1.807) is 24.3 Å². The smallest absolute Gasteiger partial charge is 0.211 e. The molecule has 0 aromatic heterocycles. The van der Waals surface area contributed by atoms with E-state index < -0.39 is 0 Å². The Bertz CT molecular complexity index is 601. The molecule has 2 aliphatic rings. The molecule has 8 heteroatoms. The summed E-state index contributed by atoms with van der Waals surface area (Å²) < 4.78 is 0. The fourth-order valence-corrected chi connectivity index (χ4v) is 4.13. The average molecular weight is 388 g/mol. The van der Waals surface area contributed by atoms with Gasteiger partial charge in [0.05, 0.1) is 26.2 Å². The second kappa shape index (κ2) is 14.6. The Morgan fingerprint density at radius 2 is 1.11 bits per heavy atom. The molecular weight excluding hydrogens is 360 g/mol. The first-order chi connectivity index (χ1) is 13.7. The summed E-state index contributed by atoms with van der Waals surface area (Å²) in [7, 11) is 0. The standard InChI is InChI=1S/2C10H14N2O2/c13-7-11-5-9-2-1-3-10(4-9)6-12-8-14;13-8-11-6-10(7-12-9-14)4-2-1-3-5-10/h9-10H,1-6H2;1-7H2. The molecule has 0 amide bonds. The first-order valence-electron chi connectivity index (χ1n) is 9.84. The Hall–Kier alpha value is -2.48. The molecule has 0 radical (unpaired) electrons. The molecule has 2 unspecified atom stereocenters. The summed E-state index contributed by atoms with van der Waals surface area (Å²) in [6, 6.07) is 0. The number of hydrogen-bond acceptors (Lipinski definition) is 8. The van der Waals surface area contributed by atoms with Crippen molar-refractivity contribution >= 4 is 24.3 Å². The van der Waals surface area contributed by atoms with Crippen LogP contribution in [0, 0.1) is 17.3 Å². The lowest BCUT2D eigenvalue weighted by Gasteiger charge is -2.33. The molecule has 8 nitrogen and oxygen atoms in total. The van der Waals surface area contributed by atoms with E-state index in [1.807, 2.05) is 0 Å². The van der Waals surface area contributed by atoms with Crippen LogP contribution >= 0.6 is 0 Å². The van der Waals surface area contributed by atoms with E-state index in [9.17, 15) is 19.2 Å². The summed E-state index contributed by atoms with van der Waals surface area (Å²) in [5, 5.41) is 0. The van der Waals surface area contributed by atoms with Crippen LogP contribution in [0.1, 0.15) is 57.8 Å². The number of isocyanates is 4. The third-order valence-corrected chi connectivity index (χ3v) is 5.59. The molecular formula is C20H28N4O4. The lowest BCUT2D eigenvalue weighted by molar-refractivity contribution is 0.210. The van der Waals surface area contributed by atoms with E-state index >= 15 is 0 Å². The van der Waals surface area contributed by atoms with Crippen molar-refractivity contribution in [3.8, 4) is 0 Å². The molecule has 152 valence electrons. The van der Waals surface area contributed by atoms with Crippen LogP contribution in [-0.2, 0) is 19.2 Å². The van der Waals surface area contributed by atoms with Crippen LogP contribution in [0.3, 0.4) is 0 Å². The van der Waals surface area contributed by atoms with Crippen LogP contribution in [0.5, 0.6) is 0 Å². The molecule has 0 bridgehead atoms. The van der Waals surface area contributed by atoms with Crippen molar-refractivity contribution in [2.45, 2.75) is 57.8 Å². The largest absolute Gasteiger partial charge is 0.234 e. The van der Waals surface area contributed by atoms with Crippen molar-refractivity contribution in [3.63, 3.8) is 0 Å². The summed E-state index contributed by atoms with van der Waals surface area (Å²) >= 11 is 0. The van der Waals surface area contributed by atoms with E-state index in [4.69, 9.17) is 0 Å². The van der Waals surface area contributed by atoms with Gasteiger partial charge in [-0.1, -0.05) is 25.7 Å². The molecule has 2 fully saturated rings. The third-order valence-electron chi connectivity index (χ3n) is 5.59. The van der Waals surface area contributed by atoms with Crippen LogP contribution in [-0.4, -0.2) is 50.5 Å². The Labute approximate surface area is 165 Å². The zero-order valence-corrected chi connectivity index (χ0v) is 16.3. The summed E-state index contributed by atoms with van der Waals surface area (Å²) in [6.45, 7) is 2.04. The lowest BCUT2D eigenvalue weighted by atomic mass is 9.74. The number of carbonyl (C=O) groups excluding carboxylic acids is 4. The average Bonchev–Trinajstić information content (AvgIpc) is 2.75. The summed E-state index contributed by atoms with van der Waals surface area (Å²) in [5.74, 6) is 0.939. The first kappa shape index (κ1) is 23.6. The van der Waals surface area contributed by atoms with Crippen LogP contribution in [0.4, 0.5) is 0 Å². The molecule has 0 aromatic carbocycles. The van der Waals surface area contributed by atoms with E-state index in [0.29, 0.717) is 38.0 Å². The first-order valence-corrected chi connectivity index (χ1v) is 9.84. The minimum atomic E-state index is -0.0763. The second-order valence-electron chi connectivity index (χ2n) is 7.64. The number of rotatable bonds is 8. The minimum Gasteiger partial charge on any atom is -0.211 e. The molecule has 28 heavy (non-hydrogen) atoms. The van der Waals surface area contributed by atoms with Crippen molar-refractivity contribution in [1.82, 2.24) is 0 Å². The molecule has 2 rings (SSSR count). The van der Waals surface area contributed by atoms with Crippen molar-refractivity contribution in [1.29, 1.82) is 0 Å². The van der Waals surface area contributed by atoms with Gasteiger partial charge in [-0.25, -0.2) is 39.1 Å². The molecule has 0 saturated heterocycles. The van der Waals surface area contributed by atoms with Gasteiger partial charge in [-0.3, -0.25) is 0 Å². The SMILES string of the molecule is O=C=NCC1(CN=C=O)CCCCC1.O=C=NCC1CCCC(CN=C=O)C1. The van der Waals surface area contributed by atoms with E-state index in [1.165, 1.54) is 6.42 Å². The normalized spacial score (nSPS) is 22.6. The van der Waals surface area contributed by atoms with Crippen LogP contribution in [0.2, 0.25) is 0 Å². The van der Waals surface area contributed by atoms with Gasteiger partial charge in [-0.05, 0) is 43.9 Å². The zero-order chi connectivity index (χ0) is 20.5. The van der Waals surface area contributed by atoms with Gasteiger partial charge in [0.25, 0.3) is 0 Å². The molecule has 2 aliphatic carbocycles. The fourth-order valence-electron chi connectivity index (χ4n) is 4.13. The Morgan fingerprint density at radius 3 is 1.54 bits per heavy atom. The third kappa shape index (κ3) is 9.45. The van der Waals surface area contributed by atoms with Crippen molar-refractivity contribution in [3.05, 3.63) is 0 Å². The van der Waals surface area contributed by atoms with Gasteiger partial charge < -0.3 is 0 Å². The monoisotopic (exact) mass is 388 g/mol. The zero-order valence-electron chi connectivity index (χ0n) is 16.3. The van der Waals surface area contributed by atoms with Crippen LogP contribution < -0.4 is 0 Å². The van der Waals surface area contributed by atoms with E-state index in [-0.39, 0.29) is 5.41 Å². The minimum absolute atomic E-state index is 0.0763. The van der Waals surface area contributed by atoms with Gasteiger partial charge in [-0.2, -0.15) is 0 Å². The van der Waals surface area contributed by atoms with Gasteiger partial charge >= 0.3 is 0 Å². The Kier molecular flexibility index (Phi) is 12.3. The topological polar surface area (TPSA) is 118 Å². The quantitative estimate of drug-likeness (QED) is 0.469. The van der Waals surface area contributed by atoms with Gasteiger partial charge in [0, 0.05) is 5.41 Å². The van der Waals surface area contributed by atoms with Gasteiger partial charge in [0.1, 0.15) is 0 Å². The number of aliphatic imine (C=N–C) groups is 4. The maximum absolute atomic E-state index is 10.1. The summed E-state index contributed by atoms with van der Waals surface area (Å²) in [5.41, 5.74) is -0.0763. The molecule has 0 spiro atoms. The van der Waals surface area contributed by atoms with Crippen LogP contribution in [0.15, 0.2) is 20.0 Å². The highest BCUT2D eigenvalue weighted by Crippen LogP contribution is 2.36. The number of nitrogens with zero attached hydrogens (tertiary/aromatic N) is 4. The molecule has 0 heterocycles. The number of hydrogen-bond donors (Lipinski definition) is 0. The Balaban J connectivity index is 0.000000280. The predicted molar refractivity (Wildman–Crippen MR) is 103 cm³/mol. The Morgan fingerprint density at radius 1 is 0.643 bits per heavy atom. The maximum Gasteiger partial charge on any atom is 0.234 e. The van der Waals surface area contributed by atoms with Crippen LogP contribution in [0.25, 0.3) is 0 Å². The highest BCUT2D eigenvalue weighted by atomic mass is 16.1. The molecule has 0 aromatic rings. The maximum atomic E-state index is 10.1. The van der Waals surface area contributed by atoms with Crippen molar-refractivity contribution < 1.29 is 19.2 Å². The second-order valence-corrected chi connectivity index (χ2v) is 7.64. The predicted octanol–water partition coefficient (Wildman–Crippen LogP) is 3.07. The van der Waals surface area contributed by atoms with Gasteiger partial charge in [-0.15, -0.1) is 0 Å². The van der Waals surface area contributed by atoms with Crippen molar-refractivity contribution in [2.75, 3.05) is 26.2 Å². The van der Waals surface area contributed by atoms with Gasteiger partial charge in [0.2, 0.25) is 24.3 Å². The molecule has 2 atom stereocenters. The highest BCUT2D eigenvalue weighted by molar-refractivity contribution is 5.34. The molecule has 0 N–H and O–H groups in total.